The van der Waals surface area contributed by atoms with Crippen LogP contribution in [0.25, 0.3) is 10.9 Å². The molecule has 35 heavy (non-hydrogen) atoms. The van der Waals surface area contributed by atoms with Crippen LogP contribution in [0.3, 0.4) is 0 Å². The van der Waals surface area contributed by atoms with Gasteiger partial charge in [0.2, 0.25) is 11.8 Å². The second-order valence-electron chi connectivity index (χ2n) is 8.83. The number of nitrogens with two attached hydrogens (primary N) is 1. The number of pyridine rings is 2. The number of nitrogens with one attached hydrogen (secondary N) is 2. The summed E-state index contributed by atoms with van der Waals surface area (Å²) in [6, 6.07) is 10.6. The molecule has 2 aliphatic heterocycles. The predicted molar refractivity (Wildman–Crippen MR) is 133 cm³/mol. The summed E-state index contributed by atoms with van der Waals surface area (Å²) in [6.07, 6.45) is 1.82. The molecule has 5 rings (SSSR count). The van der Waals surface area contributed by atoms with Gasteiger partial charge < -0.3 is 25.8 Å². The molecule has 2 aliphatic rings. The number of halogens is 1. The zero-order chi connectivity index (χ0) is 24.4. The van der Waals surface area contributed by atoms with Crippen molar-refractivity contribution in [1.29, 1.82) is 0 Å². The molecule has 2 aromatic heterocycles. The number of anilines is 1. The molecule has 8 nitrogen and oxygen atoms in total. The maximum atomic E-state index is 14.7. The third-order valence-electron chi connectivity index (χ3n) is 6.43. The normalized spacial score (nSPS) is 20.8. The Kier molecular flexibility index (Phi) is 7.14. The number of ether oxygens (including phenoxy) is 2. The maximum absolute atomic E-state index is 14.7. The van der Waals surface area contributed by atoms with Crippen molar-refractivity contribution in [2.45, 2.75) is 48.9 Å². The number of nitrogens with zero attached hydrogens (tertiary/aromatic N) is 2. The largest absolute Gasteiger partial charge is 0.481 e. The van der Waals surface area contributed by atoms with Crippen LogP contribution in [0.15, 0.2) is 41.3 Å². The number of hydrogen-bond acceptors (Lipinski definition) is 8. The molecule has 4 heterocycles. The summed E-state index contributed by atoms with van der Waals surface area (Å²) < 4.78 is 26.0. The van der Waals surface area contributed by atoms with Crippen LogP contribution in [0.2, 0.25) is 0 Å². The Labute approximate surface area is 207 Å². The van der Waals surface area contributed by atoms with E-state index in [1.165, 1.54) is 24.9 Å². The van der Waals surface area contributed by atoms with Gasteiger partial charge in [0.05, 0.1) is 41.7 Å². The van der Waals surface area contributed by atoms with E-state index >= 15 is 0 Å². The molecule has 0 bridgehead atoms. The number of fused-ring (bicyclic) bond motifs is 2. The van der Waals surface area contributed by atoms with E-state index < -0.39 is 0 Å². The first-order chi connectivity index (χ1) is 17.0. The number of methoxy groups -OCH3 is 1. The Morgan fingerprint density at radius 1 is 1.26 bits per heavy atom. The van der Waals surface area contributed by atoms with Crippen molar-refractivity contribution < 1.29 is 18.7 Å². The van der Waals surface area contributed by atoms with E-state index in [4.69, 9.17) is 15.2 Å². The fourth-order valence-electron chi connectivity index (χ4n) is 4.50. The van der Waals surface area contributed by atoms with Crippen LogP contribution in [0.5, 0.6) is 5.88 Å². The van der Waals surface area contributed by atoms with Crippen molar-refractivity contribution >= 4 is 34.4 Å². The molecule has 10 heteroatoms. The lowest BCUT2D eigenvalue weighted by Crippen LogP contribution is -2.47. The molecular formula is C25H28FN5O3S. The Balaban J connectivity index is 1.16. The Bertz CT molecular complexity index is 1240. The predicted octanol–water partition coefficient (Wildman–Crippen LogP) is 3.03. The number of thioether (sulfide) groups is 1. The minimum atomic E-state index is -0.354. The summed E-state index contributed by atoms with van der Waals surface area (Å²) in [5, 5.41) is 7.15. The third kappa shape index (κ3) is 5.40. The summed E-state index contributed by atoms with van der Waals surface area (Å²) in [4.78, 5) is 21.6. The molecule has 3 atom stereocenters. The molecule has 3 aromatic rings. The number of rotatable bonds is 7. The molecular weight excluding hydrogens is 469 g/mol. The summed E-state index contributed by atoms with van der Waals surface area (Å²) in [5.74, 6) is 1.14. The summed E-state index contributed by atoms with van der Waals surface area (Å²) in [5.41, 5.74) is 8.40. The smallest absolute Gasteiger partial charge is 0.235 e. The van der Waals surface area contributed by atoms with Gasteiger partial charge in [0.25, 0.3) is 0 Å². The number of carbonyl (C=O) groups excluding carboxylic acids is 1. The van der Waals surface area contributed by atoms with Gasteiger partial charge in [-0.2, -0.15) is 0 Å². The highest BCUT2D eigenvalue weighted by molar-refractivity contribution is 8.00. The van der Waals surface area contributed by atoms with E-state index in [2.05, 4.69) is 20.6 Å². The van der Waals surface area contributed by atoms with Crippen LogP contribution in [-0.4, -0.2) is 53.5 Å². The van der Waals surface area contributed by atoms with Gasteiger partial charge in [-0.1, -0.05) is 0 Å². The molecule has 1 fully saturated rings. The molecule has 4 N–H and O–H groups in total. The quantitative estimate of drug-likeness (QED) is 0.457. The van der Waals surface area contributed by atoms with E-state index in [-0.39, 0.29) is 29.9 Å². The maximum Gasteiger partial charge on any atom is 0.235 e. The van der Waals surface area contributed by atoms with Gasteiger partial charge in [-0.25, -0.2) is 14.4 Å². The standard InChI is InChI=1S/C25H28FN5O3S/c1-33-23-9-3-14-2-6-18(26)17(24(14)31-23)10-19(27)20-7-4-16(12-34-20)28-11-15-5-8-21-25(29-15)30-22(32)13-35-21/h2-3,5-6,8-9,16,19-20,28H,4,7,10-13,27H2,1H3,(H,29,30,32)/t16-,19?,20+/m1/s1. The van der Waals surface area contributed by atoms with Gasteiger partial charge in [-0.05, 0) is 49.6 Å². The van der Waals surface area contributed by atoms with Crippen LogP contribution in [-0.2, 0) is 22.5 Å². The second-order valence-corrected chi connectivity index (χ2v) is 9.85. The highest BCUT2D eigenvalue weighted by Crippen LogP contribution is 2.30. The molecule has 184 valence electrons. The van der Waals surface area contributed by atoms with E-state index in [0.717, 1.165) is 28.8 Å². The van der Waals surface area contributed by atoms with Crippen molar-refractivity contribution in [2.75, 3.05) is 24.8 Å². The molecule has 0 radical (unpaired) electrons. The number of amides is 1. The van der Waals surface area contributed by atoms with Crippen molar-refractivity contribution in [1.82, 2.24) is 15.3 Å². The molecule has 1 saturated heterocycles. The minimum absolute atomic E-state index is 0.0264. The average Bonchev–Trinajstić information content (AvgIpc) is 2.88. The Hall–Kier alpha value is -2.79. The lowest BCUT2D eigenvalue weighted by Gasteiger charge is -2.33. The molecule has 0 spiro atoms. The first-order valence-corrected chi connectivity index (χ1v) is 12.6. The van der Waals surface area contributed by atoms with Gasteiger partial charge in [0.1, 0.15) is 11.6 Å². The van der Waals surface area contributed by atoms with E-state index in [9.17, 15) is 9.18 Å². The van der Waals surface area contributed by atoms with Gasteiger partial charge in [-0.3, -0.25) is 4.79 Å². The lowest BCUT2D eigenvalue weighted by atomic mass is 9.94. The van der Waals surface area contributed by atoms with Crippen LogP contribution in [0, 0.1) is 5.82 Å². The fraction of sp³-hybridized carbons (Fsp3) is 0.400. The number of hydrogen-bond donors (Lipinski definition) is 3. The number of benzene rings is 1. The third-order valence-corrected chi connectivity index (χ3v) is 7.47. The van der Waals surface area contributed by atoms with Gasteiger partial charge in [-0.15, -0.1) is 11.8 Å². The van der Waals surface area contributed by atoms with Crippen LogP contribution in [0.1, 0.15) is 24.1 Å². The molecule has 0 saturated carbocycles. The van der Waals surface area contributed by atoms with Crippen LogP contribution in [0.4, 0.5) is 10.2 Å². The summed E-state index contributed by atoms with van der Waals surface area (Å²) in [6.45, 7) is 1.09. The Morgan fingerprint density at radius 2 is 2.11 bits per heavy atom. The van der Waals surface area contributed by atoms with Crippen molar-refractivity contribution in [3.05, 3.63) is 53.5 Å². The van der Waals surface area contributed by atoms with Gasteiger partial charge in [0, 0.05) is 35.6 Å². The van der Waals surface area contributed by atoms with E-state index in [0.29, 0.717) is 48.1 Å². The number of aromatic nitrogens is 2. The highest BCUT2D eigenvalue weighted by atomic mass is 32.2. The van der Waals surface area contributed by atoms with Gasteiger partial charge in [0.15, 0.2) is 0 Å². The lowest BCUT2D eigenvalue weighted by molar-refractivity contribution is -0.113. The SMILES string of the molecule is COc1ccc2ccc(F)c(CC(N)[C@@H]3CC[C@@H](NCc4ccc5c(n4)NC(=O)CS5)CO3)c2n1. The molecule has 1 amide bonds. The van der Waals surface area contributed by atoms with Crippen molar-refractivity contribution in [2.24, 2.45) is 5.73 Å². The molecule has 1 unspecified atom stereocenters. The zero-order valence-corrected chi connectivity index (χ0v) is 20.2. The number of carbonyl (C=O) groups is 1. The van der Waals surface area contributed by atoms with Crippen LogP contribution < -0.4 is 21.1 Å². The minimum Gasteiger partial charge on any atom is -0.481 e. The van der Waals surface area contributed by atoms with Crippen molar-refractivity contribution in [3.63, 3.8) is 0 Å². The molecule has 1 aromatic carbocycles. The van der Waals surface area contributed by atoms with E-state index in [1.54, 1.807) is 12.1 Å². The second kappa shape index (κ2) is 10.4. The van der Waals surface area contributed by atoms with Crippen molar-refractivity contribution in [3.8, 4) is 5.88 Å². The van der Waals surface area contributed by atoms with E-state index in [1.807, 2.05) is 18.2 Å². The first-order valence-electron chi connectivity index (χ1n) is 11.7. The molecule has 0 aliphatic carbocycles. The summed E-state index contributed by atoms with van der Waals surface area (Å²) >= 11 is 1.50. The van der Waals surface area contributed by atoms with Gasteiger partial charge >= 0.3 is 0 Å². The monoisotopic (exact) mass is 497 g/mol. The fourth-order valence-corrected chi connectivity index (χ4v) is 5.26. The summed E-state index contributed by atoms with van der Waals surface area (Å²) in [7, 11) is 1.54. The Morgan fingerprint density at radius 3 is 2.91 bits per heavy atom. The first kappa shape index (κ1) is 23.9. The topological polar surface area (TPSA) is 111 Å². The average molecular weight is 498 g/mol. The zero-order valence-electron chi connectivity index (χ0n) is 19.4. The highest BCUT2D eigenvalue weighted by Gasteiger charge is 2.28. The van der Waals surface area contributed by atoms with Crippen LogP contribution >= 0.6 is 11.8 Å².